The SMILES string of the molecule is COCCOc1nc2c(Oc3ccc(NC(=O)c4n[nH]c(C)c(-c5ccc(F)cc5C)c4=O)cc3F)ccnc2cc1OC. The van der Waals surface area contributed by atoms with Gasteiger partial charge < -0.3 is 24.3 Å². The number of aromatic nitrogens is 4. The first-order valence-corrected chi connectivity index (χ1v) is 13.3. The van der Waals surface area contributed by atoms with E-state index < -0.39 is 28.7 Å². The van der Waals surface area contributed by atoms with Gasteiger partial charge in [0, 0.05) is 42.9 Å². The van der Waals surface area contributed by atoms with Gasteiger partial charge in [0.25, 0.3) is 11.8 Å². The first kappa shape index (κ1) is 30.0. The Morgan fingerprint density at radius 1 is 0.977 bits per heavy atom. The number of benzene rings is 2. The van der Waals surface area contributed by atoms with E-state index >= 15 is 4.39 Å². The summed E-state index contributed by atoms with van der Waals surface area (Å²) in [5.74, 6) is -1.53. The molecule has 5 rings (SSSR count). The molecule has 0 radical (unpaired) electrons. The number of nitrogens with one attached hydrogen (secondary N) is 2. The van der Waals surface area contributed by atoms with E-state index in [1.165, 1.54) is 49.7 Å². The molecule has 0 bridgehead atoms. The highest BCUT2D eigenvalue weighted by atomic mass is 19.1. The Morgan fingerprint density at radius 2 is 1.80 bits per heavy atom. The van der Waals surface area contributed by atoms with Crippen LogP contribution in [0, 0.1) is 25.5 Å². The first-order chi connectivity index (χ1) is 21.2. The molecule has 0 unspecified atom stereocenters. The lowest BCUT2D eigenvalue weighted by molar-refractivity contribution is 0.102. The molecule has 0 fully saturated rings. The molecule has 0 atom stereocenters. The number of aromatic amines is 1. The predicted octanol–water partition coefficient (Wildman–Crippen LogP) is 5.35. The molecular formula is C31H27F2N5O6. The molecule has 0 spiro atoms. The zero-order valence-corrected chi connectivity index (χ0v) is 24.2. The van der Waals surface area contributed by atoms with Crippen LogP contribution in [0.3, 0.4) is 0 Å². The Morgan fingerprint density at radius 3 is 2.52 bits per heavy atom. The number of anilines is 1. The van der Waals surface area contributed by atoms with E-state index in [1.54, 1.807) is 27.0 Å². The largest absolute Gasteiger partial charge is 0.491 e. The number of H-pyrrole nitrogens is 1. The monoisotopic (exact) mass is 603 g/mol. The van der Waals surface area contributed by atoms with Crippen LogP contribution in [0.15, 0.2) is 59.5 Å². The van der Waals surface area contributed by atoms with Gasteiger partial charge in [-0.2, -0.15) is 5.10 Å². The van der Waals surface area contributed by atoms with Crippen LogP contribution in [0.1, 0.15) is 21.7 Å². The number of carbonyl (C=O) groups excluding carboxylic acids is 1. The van der Waals surface area contributed by atoms with Gasteiger partial charge in [0.1, 0.15) is 17.9 Å². The number of nitrogens with zero attached hydrogens (tertiary/aromatic N) is 3. The highest BCUT2D eigenvalue weighted by Crippen LogP contribution is 2.35. The lowest BCUT2D eigenvalue weighted by Gasteiger charge is -2.13. The molecule has 13 heteroatoms. The molecular weight excluding hydrogens is 576 g/mol. The van der Waals surface area contributed by atoms with Gasteiger partial charge in [0.05, 0.1) is 24.8 Å². The Balaban J connectivity index is 1.39. The van der Waals surface area contributed by atoms with E-state index in [9.17, 15) is 14.0 Å². The number of fused-ring (bicyclic) bond motifs is 1. The molecule has 11 nitrogen and oxygen atoms in total. The molecule has 0 saturated heterocycles. The van der Waals surface area contributed by atoms with Gasteiger partial charge in [-0.05, 0) is 49.2 Å². The number of carbonyl (C=O) groups is 1. The number of halogens is 2. The normalized spacial score (nSPS) is 11.0. The van der Waals surface area contributed by atoms with Crippen molar-refractivity contribution in [3.8, 4) is 34.3 Å². The molecule has 0 saturated carbocycles. The molecule has 3 heterocycles. The molecule has 44 heavy (non-hydrogen) atoms. The van der Waals surface area contributed by atoms with Crippen LogP contribution >= 0.6 is 0 Å². The van der Waals surface area contributed by atoms with Crippen LogP contribution in [-0.4, -0.2) is 53.5 Å². The number of rotatable bonds is 10. The van der Waals surface area contributed by atoms with E-state index in [1.807, 2.05) is 0 Å². The highest BCUT2D eigenvalue weighted by Gasteiger charge is 2.21. The van der Waals surface area contributed by atoms with Gasteiger partial charge in [-0.3, -0.25) is 19.7 Å². The maximum Gasteiger partial charge on any atom is 0.280 e. The zero-order chi connectivity index (χ0) is 31.4. The van der Waals surface area contributed by atoms with E-state index in [0.29, 0.717) is 40.2 Å². The summed E-state index contributed by atoms with van der Waals surface area (Å²) in [5.41, 5.74) is 1.23. The standard InChI is InChI=1S/C31H27F2N5O6/c1-16-13-18(32)5-7-20(16)26-17(2)37-38-28(29(26)39)30(40)35-19-6-8-23(21(33)14-19)44-24-9-10-34-22-15-25(42-4)31(36-27(22)24)43-12-11-41-3/h5-10,13-15H,11-12H2,1-4H3,(H,35,40)(H,37,39). The van der Waals surface area contributed by atoms with Gasteiger partial charge in [0.15, 0.2) is 28.8 Å². The summed E-state index contributed by atoms with van der Waals surface area (Å²) in [5, 5.41) is 9.05. The summed E-state index contributed by atoms with van der Waals surface area (Å²) in [7, 11) is 3.01. The second-order valence-electron chi connectivity index (χ2n) is 9.58. The van der Waals surface area contributed by atoms with Gasteiger partial charge in [-0.1, -0.05) is 6.07 Å². The molecule has 1 amide bonds. The number of methoxy groups -OCH3 is 2. The number of amides is 1. The average Bonchev–Trinajstić information content (AvgIpc) is 2.99. The second-order valence-corrected chi connectivity index (χ2v) is 9.58. The van der Waals surface area contributed by atoms with E-state index in [4.69, 9.17) is 18.9 Å². The molecule has 2 aromatic carbocycles. The fourth-order valence-corrected chi connectivity index (χ4v) is 4.46. The summed E-state index contributed by atoms with van der Waals surface area (Å²) < 4.78 is 50.7. The lowest BCUT2D eigenvalue weighted by Crippen LogP contribution is -2.26. The van der Waals surface area contributed by atoms with Crippen molar-refractivity contribution in [1.29, 1.82) is 0 Å². The minimum atomic E-state index is -0.861. The van der Waals surface area contributed by atoms with Crippen LogP contribution in [-0.2, 0) is 4.74 Å². The second kappa shape index (κ2) is 12.8. The van der Waals surface area contributed by atoms with E-state index in [-0.39, 0.29) is 35.2 Å². The van der Waals surface area contributed by atoms with Crippen molar-refractivity contribution in [3.05, 3.63) is 93.5 Å². The number of ether oxygens (including phenoxy) is 4. The molecule has 226 valence electrons. The van der Waals surface area contributed by atoms with Crippen molar-refractivity contribution >= 4 is 22.6 Å². The third-order valence-corrected chi connectivity index (χ3v) is 6.59. The Hall–Kier alpha value is -5.43. The summed E-state index contributed by atoms with van der Waals surface area (Å²) in [6.07, 6.45) is 1.48. The van der Waals surface area contributed by atoms with Gasteiger partial charge in [-0.15, -0.1) is 0 Å². The number of hydrogen-bond acceptors (Lipinski definition) is 9. The molecule has 0 aliphatic heterocycles. The highest BCUT2D eigenvalue weighted by molar-refractivity contribution is 6.03. The van der Waals surface area contributed by atoms with Gasteiger partial charge in [-0.25, -0.2) is 13.8 Å². The maximum atomic E-state index is 15.2. The Kier molecular flexibility index (Phi) is 8.76. The third kappa shape index (κ3) is 6.17. The van der Waals surface area contributed by atoms with Crippen LogP contribution in [0.4, 0.5) is 14.5 Å². The molecule has 3 aromatic heterocycles. The van der Waals surface area contributed by atoms with E-state index in [0.717, 1.165) is 6.07 Å². The van der Waals surface area contributed by atoms with Crippen molar-refractivity contribution < 1.29 is 32.5 Å². The number of aryl methyl sites for hydroxylation is 2. The summed E-state index contributed by atoms with van der Waals surface area (Å²) in [6, 6.07) is 10.9. The number of pyridine rings is 2. The van der Waals surface area contributed by atoms with E-state index in [2.05, 4.69) is 25.5 Å². The molecule has 2 N–H and O–H groups in total. The number of hydrogen-bond donors (Lipinski definition) is 2. The topological polar surface area (TPSA) is 138 Å². The Labute approximate surface area is 249 Å². The lowest BCUT2D eigenvalue weighted by atomic mass is 9.98. The zero-order valence-electron chi connectivity index (χ0n) is 24.2. The van der Waals surface area contributed by atoms with Crippen LogP contribution in [0.2, 0.25) is 0 Å². The van der Waals surface area contributed by atoms with Crippen molar-refractivity contribution in [1.82, 2.24) is 20.2 Å². The predicted molar refractivity (Wildman–Crippen MR) is 158 cm³/mol. The molecule has 0 aliphatic carbocycles. The van der Waals surface area contributed by atoms with Crippen molar-refractivity contribution in [2.45, 2.75) is 13.8 Å². The van der Waals surface area contributed by atoms with Crippen LogP contribution in [0.5, 0.6) is 23.1 Å². The molecule has 5 aromatic rings. The van der Waals surface area contributed by atoms with Gasteiger partial charge >= 0.3 is 0 Å². The quantitative estimate of drug-likeness (QED) is 0.202. The van der Waals surface area contributed by atoms with Crippen molar-refractivity contribution in [3.63, 3.8) is 0 Å². The average molecular weight is 604 g/mol. The van der Waals surface area contributed by atoms with Crippen LogP contribution < -0.4 is 25.0 Å². The fraction of sp³-hybridized carbons (Fsp3) is 0.194. The summed E-state index contributed by atoms with van der Waals surface area (Å²) in [6.45, 7) is 3.83. The summed E-state index contributed by atoms with van der Waals surface area (Å²) >= 11 is 0. The third-order valence-electron chi connectivity index (χ3n) is 6.59. The van der Waals surface area contributed by atoms with Gasteiger partial charge in [0.2, 0.25) is 5.43 Å². The smallest absolute Gasteiger partial charge is 0.280 e. The minimum Gasteiger partial charge on any atom is -0.491 e. The minimum absolute atomic E-state index is 0.0532. The summed E-state index contributed by atoms with van der Waals surface area (Å²) in [4.78, 5) is 35.0. The fourth-order valence-electron chi connectivity index (χ4n) is 4.46. The first-order valence-electron chi connectivity index (χ1n) is 13.3. The molecule has 0 aliphatic rings. The van der Waals surface area contributed by atoms with Crippen molar-refractivity contribution in [2.75, 3.05) is 32.8 Å². The van der Waals surface area contributed by atoms with Crippen molar-refractivity contribution in [2.24, 2.45) is 0 Å². The Bertz CT molecular complexity index is 1930. The van der Waals surface area contributed by atoms with Crippen LogP contribution in [0.25, 0.3) is 22.2 Å². The maximum absolute atomic E-state index is 15.2.